The van der Waals surface area contributed by atoms with Gasteiger partial charge in [-0.05, 0) is 95.3 Å². The van der Waals surface area contributed by atoms with Crippen LogP contribution < -0.4 is 21.3 Å². The minimum Gasteiger partial charge on any atom is -0.459 e. The van der Waals surface area contributed by atoms with Gasteiger partial charge in [-0.2, -0.15) is 0 Å². The molecule has 28 nitrogen and oxygen atoms in total. The lowest BCUT2D eigenvalue weighted by molar-refractivity contribution is -0.164. The Labute approximate surface area is 577 Å². The van der Waals surface area contributed by atoms with E-state index in [1.807, 2.05) is 41.5 Å². The maximum atomic E-state index is 15.5. The van der Waals surface area contributed by atoms with E-state index in [2.05, 4.69) is 21.3 Å². The largest absolute Gasteiger partial charge is 0.459 e. The minimum atomic E-state index is -1.66. The van der Waals surface area contributed by atoms with Gasteiger partial charge < -0.3 is 74.7 Å². The fourth-order valence-electron chi connectivity index (χ4n) is 12.3. The van der Waals surface area contributed by atoms with Gasteiger partial charge in [-0.3, -0.25) is 57.5 Å². The van der Waals surface area contributed by atoms with Crippen molar-refractivity contribution in [3.05, 3.63) is 12.2 Å². The predicted octanol–water partition coefficient (Wildman–Crippen LogP) is 3.29. The van der Waals surface area contributed by atoms with Crippen molar-refractivity contribution < 1.29 is 76.5 Å². The van der Waals surface area contributed by atoms with E-state index in [1.165, 1.54) is 94.6 Å². The molecular weight excluding hydrogens is 1250 g/mol. The summed E-state index contributed by atoms with van der Waals surface area (Å²) in [5, 5.41) is 11.0. The quantitative estimate of drug-likeness (QED) is 0.120. The van der Waals surface area contributed by atoms with Crippen LogP contribution in [0, 0.1) is 41.4 Å². The highest BCUT2D eigenvalue weighted by atomic mass is 16.6. The van der Waals surface area contributed by atoms with Crippen molar-refractivity contribution >= 4 is 77.0 Å². The van der Waals surface area contributed by atoms with E-state index in [4.69, 9.17) is 14.2 Å². The second-order valence-corrected chi connectivity index (χ2v) is 28.5. The zero-order valence-corrected chi connectivity index (χ0v) is 62.8. The number of rotatable bonds is 17. The van der Waals surface area contributed by atoms with Gasteiger partial charge in [0.05, 0.1) is 19.8 Å². The summed E-state index contributed by atoms with van der Waals surface area (Å²) in [7, 11) is 9.67. The van der Waals surface area contributed by atoms with Crippen LogP contribution >= 0.6 is 0 Å². The molecule has 0 bridgehead atoms. The standard InChI is InChI=1S/C69H120N12O16/c1-26-28-29-43(13)57(97-48(18)82)56-61(86)72-49(27-2)64(89)74(19)47(17)63(88)79(24)55(44(14)37-96-69(94)81-30-32-95-33-31-81)60(85)73-53(41(9)10)67(92)75(20)50(34-38(3)4)59(84)70-45(15)58(83)71-46(16)62(87)76(21)51(35-39(5)6)65(90)77(22)52(36-40(7)8)66(91)78(23)54(42(11)12)68(93)80(56)25/h26,28,38-47,49-57H,27,29-37H2,1-25H3,(H,70,84)(H,71,83)(H,72,86)(H,73,85)/b28-26+/t43-,44-,45+,46-,47-,49+,50+,51+,52+,53+,54+,55+,56+,57-/m1/s1. The zero-order valence-electron chi connectivity index (χ0n) is 62.8. The third kappa shape index (κ3) is 23.7. The van der Waals surface area contributed by atoms with Gasteiger partial charge in [0.25, 0.3) is 0 Å². The SMILES string of the molecule is C/C=C/C[C@@H](C)[C@@H](OC(C)=O)[C@H]1C(=O)N[C@@H](CC)C(=O)N(C)[C@H](C)C(=O)N(C)[C@@H]([C@H](C)COC(=O)N2CCOCC2)C(=O)N[C@@H](C(C)C)C(=O)N(C)[C@@H](CC(C)C)C(=O)N[C@@H](C)C(=O)N[C@H](C)C(=O)N(C)[C@@H](CC(C)C)C(=O)N(C)[C@@H](CC(C)C)C(=O)N(C)[C@@H](C(C)C)C(=O)N1C. The van der Waals surface area contributed by atoms with Crippen molar-refractivity contribution in [3.63, 3.8) is 0 Å². The lowest BCUT2D eigenvalue weighted by Crippen LogP contribution is -2.64. The number of nitrogens with one attached hydrogen (secondary N) is 4. The second kappa shape index (κ2) is 39.3. The number of morpholine rings is 1. The van der Waals surface area contributed by atoms with Crippen molar-refractivity contribution in [1.82, 2.24) is 60.5 Å². The van der Waals surface area contributed by atoms with Gasteiger partial charge in [-0.1, -0.05) is 102 Å². The summed E-state index contributed by atoms with van der Waals surface area (Å²) in [5.41, 5.74) is 0. The summed E-state index contributed by atoms with van der Waals surface area (Å²) >= 11 is 0. The van der Waals surface area contributed by atoms with Gasteiger partial charge in [0, 0.05) is 75.3 Å². The monoisotopic (exact) mass is 1370 g/mol. The van der Waals surface area contributed by atoms with Crippen molar-refractivity contribution in [1.29, 1.82) is 0 Å². The first-order valence-corrected chi connectivity index (χ1v) is 34.4. The van der Waals surface area contributed by atoms with E-state index in [1.54, 1.807) is 67.5 Å². The first kappa shape index (κ1) is 85.7. The molecule has 12 amide bonds. The number of carbonyl (C=O) groups excluding carboxylic acids is 13. The van der Waals surface area contributed by atoms with Crippen LogP contribution in [0.2, 0.25) is 0 Å². The molecule has 14 atom stereocenters. The summed E-state index contributed by atoms with van der Waals surface area (Å²) in [6.45, 7) is 30.6. The Kier molecular flexibility index (Phi) is 34.7. The summed E-state index contributed by atoms with van der Waals surface area (Å²) in [6.07, 6.45) is 2.04. The third-order valence-corrected chi connectivity index (χ3v) is 18.3. The molecule has 2 aliphatic heterocycles. The number of allylic oxidation sites excluding steroid dienone is 2. The van der Waals surface area contributed by atoms with Gasteiger partial charge >= 0.3 is 12.1 Å². The summed E-state index contributed by atoms with van der Waals surface area (Å²) in [5.74, 6) is -12.5. The Balaban J connectivity index is 3.12. The van der Waals surface area contributed by atoms with Crippen LogP contribution in [-0.4, -0.2) is 271 Å². The maximum absolute atomic E-state index is 15.5. The Morgan fingerprint density at radius 3 is 1.46 bits per heavy atom. The normalized spacial score (nSPS) is 26.9. The average molecular weight is 1370 g/mol. The second-order valence-electron chi connectivity index (χ2n) is 28.5. The molecule has 2 saturated heterocycles. The molecule has 0 aliphatic carbocycles. The van der Waals surface area contributed by atoms with Gasteiger partial charge in [0.1, 0.15) is 72.6 Å². The number of esters is 1. The molecule has 2 rings (SSSR count). The molecule has 0 spiro atoms. The minimum absolute atomic E-state index is 0.0674. The summed E-state index contributed by atoms with van der Waals surface area (Å²) in [4.78, 5) is 200. The van der Waals surface area contributed by atoms with Crippen LogP contribution in [0.25, 0.3) is 0 Å². The highest BCUT2D eigenvalue weighted by molar-refractivity contribution is 6.00. The molecule has 0 saturated carbocycles. The average Bonchev–Trinajstić information content (AvgIpc) is 0.807. The fraction of sp³-hybridized carbons (Fsp3) is 0.783. The van der Waals surface area contributed by atoms with E-state index in [0.717, 1.165) is 21.6 Å². The lowest BCUT2D eigenvalue weighted by atomic mass is 9.91. The predicted molar refractivity (Wildman–Crippen MR) is 366 cm³/mol. The Morgan fingerprint density at radius 1 is 0.515 bits per heavy atom. The molecule has 0 unspecified atom stereocenters. The van der Waals surface area contributed by atoms with Gasteiger partial charge in [-0.25, -0.2) is 4.79 Å². The molecular formula is C69H120N12O16. The van der Waals surface area contributed by atoms with Crippen molar-refractivity contribution in [2.45, 2.75) is 229 Å². The number of nitrogens with zero attached hydrogens (tertiary/aromatic N) is 8. The smallest absolute Gasteiger partial charge is 0.409 e. The van der Waals surface area contributed by atoms with Crippen LogP contribution in [0.3, 0.4) is 0 Å². The van der Waals surface area contributed by atoms with Gasteiger partial charge in [0.2, 0.25) is 65.0 Å². The van der Waals surface area contributed by atoms with Gasteiger partial charge in [0.15, 0.2) is 0 Å². The number of ether oxygens (including phenoxy) is 3. The first-order valence-electron chi connectivity index (χ1n) is 34.4. The molecule has 0 aromatic carbocycles. The molecule has 552 valence electrons. The Bertz CT molecular complexity index is 2750. The highest BCUT2D eigenvalue weighted by Gasteiger charge is 2.48. The number of hydrogen-bond acceptors (Lipinski definition) is 16. The molecule has 0 radical (unpaired) electrons. The van der Waals surface area contributed by atoms with E-state index in [-0.39, 0.29) is 76.2 Å². The number of likely N-dealkylation sites (N-methyl/N-ethyl adjacent to an activating group) is 7. The van der Waals surface area contributed by atoms with E-state index in [9.17, 15) is 33.6 Å². The summed E-state index contributed by atoms with van der Waals surface area (Å²) in [6, 6.07) is -14.8. The van der Waals surface area contributed by atoms with Crippen LogP contribution in [0.5, 0.6) is 0 Å². The molecule has 2 fully saturated rings. The van der Waals surface area contributed by atoms with Crippen molar-refractivity contribution in [3.8, 4) is 0 Å². The molecule has 0 aromatic heterocycles. The van der Waals surface area contributed by atoms with Crippen molar-refractivity contribution in [2.75, 3.05) is 82.2 Å². The maximum Gasteiger partial charge on any atom is 0.409 e. The fourth-order valence-corrected chi connectivity index (χ4v) is 12.3. The van der Waals surface area contributed by atoms with E-state index in [0.29, 0.717) is 0 Å². The van der Waals surface area contributed by atoms with Crippen LogP contribution in [0.1, 0.15) is 157 Å². The molecule has 2 heterocycles. The van der Waals surface area contributed by atoms with Gasteiger partial charge in [-0.15, -0.1) is 0 Å². The molecule has 97 heavy (non-hydrogen) atoms. The molecule has 4 N–H and O–H groups in total. The summed E-state index contributed by atoms with van der Waals surface area (Å²) < 4.78 is 17.1. The Morgan fingerprint density at radius 2 is 0.979 bits per heavy atom. The van der Waals surface area contributed by atoms with Crippen LogP contribution in [0.15, 0.2) is 12.2 Å². The number of hydrogen-bond donors (Lipinski definition) is 4. The molecule has 0 aromatic rings. The lowest BCUT2D eigenvalue weighted by Gasteiger charge is -2.42. The highest BCUT2D eigenvalue weighted by Crippen LogP contribution is 2.27. The zero-order chi connectivity index (χ0) is 74.5. The van der Waals surface area contributed by atoms with Crippen LogP contribution in [0.4, 0.5) is 4.79 Å². The van der Waals surface area contributed by atoms with Crippen molar-refractivity contribution in [2.24, 2.45) is 41.4 Å². The number of carbonyl (C=O) groups is 13. The van der Waals surface area contributed by atoms with E-state index >= 15 is 28.8 Å². The topological polar surface area (TPSA) is 324 Å². The Hall–Kier alpha value is -7.39. The number of amides is 12. The molecule has 2 aliphatic rings. The first-order chi connectivity index (χ1) is 45.0. The molecule has 28 heteroatoms. The third-order valence-electron chi connectivity index (χ3n) is 18.3. The van der Waals surface area contributed by atoms with Crippen LogP contribution in [-0.2, 0) is 71.7 Å². The van der Waals surface area contributed by atoms with E-state index < -0.39 is 180 Å².